The number of rotatable bonds is 5. The van der Waals surface area contributed by atoms with Crippen molar-refractivity contribution in [3.8, 4) is 0 Å². The van der Waals surface area contributed by atoms with Crippen molar-refractivity contribution >= 4 is 21.7 Å². The average Bonchev–Trinajstić information content (AvgIpc) is 3.18. The molecule has 3 aromatic rings. The standard InChI is InChI=1S/C22H18FNO4S/c23-20-10-3-1-7-18(20)15-28-22(25)17-8-5-9-19(14-17)29(26,27)24-13-12-16-6-2-4-11-21(16)24/h1-11,14H,12-13,15H2. The molecule has 1 aliphatic heterocycles. The van der Waals surface area contributed by atoms with Crippen LogP contribution in [0.4, 0.5) is 10.1 Å². The molecule has 7 heteroatoms. The molecule has 0 saturated carbocycles. The van der Waals surface area contributed by atoms with Crippen LogP contribution < -0.4 is 4.31 Å². The summed E-state index contributed by atoms with van der Waals surface area (Å²) in [5.41, 5.74) is 1.96. The lowest BCUT2D eigenvalue weighted by molar-refractivity contribution is 0.0468. The molecule has 4 rings (SSSR count). The minimum atomic E-state index is -3.82. The van der Waals surface area contributed by atoms with Gasteiger partial charge in [-0.15, -0.1) is 0 Å². The lowest BCUT2D eigenvalue weighted by Crippen LogP contribution is -2.29. The van der Waals surface area contributed by atoms with Crippen LogP contribution in [0.5, 0.6) is 0 Å². The summed E-state index contributed by atoms with van der Waals surface area (Å²) in [4.78, 5) is 12.4. The Balaban J connectivity index is 1.56. The first-order valence-electron chi connectivity index (χ1n) is 9.08. The van der Waals surface area contributed by atoms with Crippen molar-refractivity contribution in [2.24, 2.45) is 0 Å². The smallest absolute Gasteiger partial charge is 0.338 e. The van der Waals surface area contributed by atoms with E-state index in [1.165, 1.54) is 40.7 Å². The predicted octanol–water partition coefficient (Wildman–Crippen LogP) is 3.93. The molecule has 0 amide bonds. The van der Waals surface area contributed by atoms with Gasteiger partial charge in [0, 0.05) is 12.1 Å². The molecule has 5 nitrogen and oxygen atoms in total. The fourth-order valence-electron chi connectivity index (χ4n) is 3.31. The van der Waals surface area contributed by atoms with Crippen LogP contribution in [0.2, 0.25) is 0 Å². The maximum atomic E-state index is 13.7. The van der Waals surface area contributed by atoms with Gasteiger partial charge in [-0.1, -0.05) is 42.5 Å². The van der Waals surface area contributed by atoms with Crippen molar-refractivity contribution in [1.29, 1.82) is 0 Å². The zero-order chi connectivity index (χ0) is 20.4. The molecule has 3 aromatic carbocycles. The van der Waals surface area contributed by atoms with Gasteiger partial charge in [0.1, 0.15) is 12.4 Å². The molecule has 148 valence electrons. The van der Waals surface area contributed by atoms with Gasteiger partial charge in [0.05, 0.1) is 16.1 Å². The van der Waals surface area contributed by atoms with E-state index in [9.17, 15) is 17.6 Å². The monoisotopic (exact) mass is 411 g/mol. The molecule has 0 radical (unpaired) electrons. The Bertz CT molecular complexity index is 1180. The van der Waals surface area contributed by atoms with Crippen LogP contribution in [0.15, 0.2) is 77.7 Å². The molecule has 0 bridgehead atoms. The SMILES string of the molecule is O=C(OCc1ccccc1F)c1cccc(S(=O)(=O)N2CCc3ccccc32)c1. The Morgan fingerprint density at radius 3 is 2.59 bits per heavy atom. The number of hydrogen-bond acceptors (Lipinski definition) is 4. The largest absolute Gasteiger partial charge is 0.457 e. The average molecular weight is 411 g/mol. The molecule has 1 heterocycles. The van der Waals surface area contributed by atoms with Gasteiger partial charge in [-0.3, -0.25) is 4.31 Å². The van der Waals surface area contributed by atoms with Gasteiger partial charge in [0.25, 0.3) is 10.0 Å². The van der Waals surface area contributed by atoms with E-state index in [1.807, 2.05) is 12.1 Å². The molecular formula is C22H18FNO4S. The fraction of sp³-hybridized carbons (Fsp3) is 0.136. The van der Waals surface area contributed by atoms with Crippen molar-refractivity contribution in [3.63, 3.8) is 0 Å². The number of halogens is 1. The summed E-state index contributed by atoms with van der Waals surface area (Å²) in [7, 11) is -3.82. The van der Waals surface area contributed by atoms with Crippen LogP contribution in [-0.4, -0.2) is 20.9 Å². The van der Waals surface area contributed by atoms with Gasteiger partial charge in [-0.25, -0.2) is 17.6 Å². The van der Waals surface area contributed by atoms with Crippen LogP contribution in [0.3, 0.4) is 0 Å². The third-order valence-corrected chi connectivity index (χ3v) is 6.63. The summed E-state index contributed by atoms with van der Waals surface area (Å²) < 4.78 is 46.4. The minimum absolute atomic E-state index is 0.00884. The molecule has 0 N–H and O–H groups in total. The highest BCUT2D eigenvalue weighted by molar-refractivity contribution is 7.92. The summed E-state index contributed by atoms with van der Waals surface area (Å²) in [6.07, 6.45) is 0.639. The normalized spacial score (nSPS) is 13.2. The minimum Gasteiger partial charge on any atom is -0.457 e. The van der Waals surface area contributed by atoms with Gasteiger partial charge in [0.15, 0.2) is 0 Å². The highest BCUT2D eigenvalue weighted by atomic mass is 32.2. The lowest BCUT2D eigenvalue weighted by Gasteiger charge is -2.19. The van der Waals surface area contributed by atoms with Crippen LogP contribution in [0.25, 0.3) is 0 Å². The summed E-state index contributed by atoms with van der Waals surface area (Å²) in [5.74, 6) is -1.18. The second-order valence-corrected chi connectivity index (χ2v) is 8.51. The van der Waals surface area contributed by atoms with Crippen molar-refractivity contribution < 1.29 is 22.3 Å². The zero-order valence-electron chi connectivity index (χ0n) is 15.4. The van der Waals surface area contributed by atoms with E-state index >= 15 is 0 Å². The highest BCUT2D eigenvalue weighted by Crippen LogP contribution is 2.32. The number of esters is 1. The first kappa shape index (κ1) is 19.1. The van der Waals surface area contributed by atoms with Gasteiger partial charge in [-0.05, 0) is 42.3 Å². The molecule has 0 saturated heterocycles. The number of carbonyl (C=O) groups excluding carboxylic acids is 1. The van der Waals surface area contributed by atoms with Crippen molar-refractivity contribution in [2.45, 2.75) is 17.9 Å². The summed E-state index contributed by atoms with van der Waals surface area (Å²) in [6.45, 7) is 0.117. The molecule has 0 aromatic heterocycles. The second-order valence-electron chi connectivity index (χ2n) is 6.65. The van der Waals surface area contributed by atoms with Crippen molar-refractivity contribution in [2.75, 3.05) is 10.8 Å². The number of benzene rings is 3. The number of carbonyl (C=O) groups is 1. The van der Waals surface area contributed by atoms with Crippen molar-refractivity contribution in [1.82, 2.24) is 0 Å². The van der Waals surface area contributed by atoms with E-state index < -0.39 is 21.8 Å². The van der Waals surface area contributed by atoms with Gasteiger partial charge in [-0.2, -0.15) is 0 Å². The molecule has 0 unspecified atom stereocenters. The molecule has 0 fully saturated rings. The topological polar surface area (TPSA) is 63.7 Å². The van der Waals surface area contributed by atoms with Crippen LogP contribution in [0.1, 0.15) is 21.5 Å². The lowest BCUT2D eigenvalue weighted by atomic mass is 10.2. The Morgan fingerprint density at radius 1 is 1.00 bits per heavy atom. The molecule has 0 atom stereocenters. The first-order valence-corrected chi connectivity index (χ1v) is 10.5. The summed E-state index contributed by atoms with van der Waals surface area (Å²) >= 11 is 0. The second kappa shape index (κ2) is 7.67. The number of anilines is 1. The number of sulfonamides is 1. The van der Waals surface area contributed by atoms with E-state index in [0.717, 1.165) is 5.56 Å². The summed E-state index contributed by atoms with van der Waals surface area (Å²) in [5, 5.41) is 0. The van der Waals surface area contributed by atoms with E-state index in [-0.39, 0.29) is 22.6 Å². The van der Waals surface area contributed by atoms with Gasteiger partial charge < -0.3 is 4.74 Å². The quantitative estimate of drug-likeness (QED) is 0.597. The number of para-hydroxylation sites is 1. The van der Waals surface area contributed by atoms with Crippen LogP contribution in [-0.2, 0) is 27.8 Å². The number of nitrogens with zero attached hydrogens (tertiary/aromatic N) is 1. The fourth-order valence-corrected chi connectivity index (χ4v) is 4.86. The number of fused-ring (bicyclic) bond motifs is 1. The third-order valence-electron chi connectivity index (χ3n) is 4.82. The molecular weight excluding hydrogens is 393 g/mol. The first-order chi connectivity index (χ1) is 14.0. The van der Waals surface area contributed by atoms with Crippen LogP contribution in [0, 0.1) is 5.82 Å². The Labute approximate surface area is 168 Å². The molecule has 29 heavy (non-hydrogen) atoms. The van der Waals surface area contributed by atoms with Gasteiger partial charge >= 0.3 is 5.97 Å². The Morgan fingerprint density at radius 2 is 1.76 bits per heavy atom. The predicted molar refractivity (Wildman–Crippen MR) is 107 cm³/mol. The molecule has 1 aliphatic rings. The van der Waals surface area contributed by atoms with E-state index in [4.69, 9.17) is 4.74 Å². The maximum Gasteiger partial charge on any atom is 0.338 e. The third kappa shape index (κ3) is 3.73. The van der Waals surface area contributed by atoms with E-state index in [1.54, 1.807) is 24.3 Å². The Kier molecular flexibility index (Phi) is 5.07. The highest BCUT2D eigenvalue weighted by Gasteiger charge is 2.31. The maximum absolute atomic E-state index is 13.7. The van der Waals surface area contributed by atoms with Gasteiger partial charge in [0.2, 0.25) is 0 Å². The van der Waals surface area contributed by atoms with E-state index in [2.05, 4.69) is 0 Å². The molecule has 0 aliphatic carbocycles. The van der Waals surface area contributed by atoms with Crippen molar-refractivity contribution in [3.05, 3.63) is 95.3 Å². The van der Waals surface area contributed by atoms with Crippen LogP contribution >= 0.6 is 0 Å². The Hall–Kier alpha value is -3.19. The number of ether oxygens (including phenoxy) is 1. The number of hydrogen-bond donors (Lipinski definition) is 0. The van der Waals surface area contributed by atoms with E-state index in [0.29, 0.717) is 18.7 Å². The zero-order valence-corrected chi connectivity index (χ0v) is 16.2. The summed E-state index contributed by atoms with van der Waals surface area (Å²) in [6, 6.07) is 19.1. The molecule has 0 spiro atoms.